The van der Waals surface area contributed by atoms with Crippen LogP contribution in [-0.2, 0) is 16.6 Å². The predicted molar refractivity (Wildman–Crippen MR) is 94.2 cm³/mol. The fourth-order valence-corrected chi connectivity index (χ4v) is 4.16. The lowest BCUT2D eigenvalue weighted by molar-refractivity contribution is 0.290. The molecule has 0 aliphatic rings. The van der Waals surface area contributed by atoms with Crippen LogP contribution in [0.3, 0.4) is 0 Å². The summed E-state index contributed by atoms with van der Waals surface area (Å²) in [5.74, 6) is 1.37. The Labute approximate surface area is 133 Å². The molecule has 2 nitrogen and oxygen atoms in total. The normalized spacial score (nSPS) is 15.0. The molecule has 2 unspecified atom stereocenters. The number of hydrogen-bond donors (Lipinski definition) is 1. The largest absolute Gasteiger partial charge is 0.313 e. The van der Waals surface area contributed by atoms with Gasteiger partial charge in [0.05, 0.1) is 0 Å². The highest BCUT2D eigenvalue weighted by Gasteiger charge is 2.25. The van der Waals surface area contributed by atoms with Gasteiger partial charge in [0, 0.05) is 28.3 Å². The lowest BCUT2D eigenvalue weighted by Crippen LogP contribution is -2.44. The van der Waals surface area contributed by atoms with Crippen molar-refractivity contribution >= 4 is 10.8 Å². The van der Waals surface area contributed by atoms with Gasteiger partial charge in [-0.1, -0.05) is 57.0 Å². The molecule has 0 spiro atoms. The fraction of sp³-hybridized carbons (Fsp3) is 0.667. The second-order valence-electron chi connectivity index (χ2n) is 7.12. The van der Waals surface area contributed by atoms with Gasteiger partial charge in [-0.15, -0.1) is 0 Å². The Balaban J connectivity index is 2.69. The van der Waals surface area contributed by atoms with Crippen LogP contribution in [-0.4, -0.2) is 22.5 Å². The molecule has 0 fully saturated rings. The highest BCUT2D eigenvalue weighted by Crippen LogP contribution is 2.21. The molecule has 0 aliphatic carbocycles. The SMILES string of the molecule is CCCNC(CS(=O)Cc1cc(C)cc(C)c1)C(C)(C)C. The molecule has 1 N–H and O–H groups in total. The zero-order valence-corrected chi connectivity index (χ0v) is 15.3. The van der Waals surface area contributed by atoms with E-state index in [1.54, 1.807) is 0 Å². The molecule has 0 saturated heterocycles. The zero-order chi connectivity index (χ0) is 16.0. The van der Waals surface area contributed by atoms with Crippen molar-refractivity contribution in [3.8, 4) is 0 Å². The van der Waals surface area contributed by atoms with Crippen molar-refractivity contribution in [3.05, 3.63) is 34.9 Å². The molecule has 1 rings (SSSR count). The van der Waals surface area contributed by atoms with Gasteiger partial charge in [0.25, 0.3) is 0 Å². The average Bonchev–Trinajstić information content (AvgIpc) is 2.31. The standard InChI is InChI=1S/C18H31NOS/c1-7-8-19-17(18(4,5)6)13-21(20)12-16-10-14(2)9-15(3)11-16/h9-11,17,19H,7-8,12-13H2,1-6H3. The van der Waals surface area contributed by atoms with Crippen molar-refractivity contribution in [3.63, 3.8) is 0 Å². The Morgan fingerprint density at radius 1 is 1.14 bits per heavy atom. The molecule has 3 heteroatoms. The molecule has 1 aromatic rings. The van der Waals surface area contributed by atoms with Crippen molar-refractivity contribution < 1.29 is 4.21 Å². The van der Waals surface area contributed by atoms with E-state index < -0.39 is 10.8 Å². The molecule has 0 saturated carbocycles. The maximum atomic E-state index is 12.5. The lowest BCUT2D eigenvalue weighted by Gasteiger charge is -2.31. The summed E-state index contributed by atoms with van der Waals surface area (Å²) in [5.41, 5.74) is 3.82. The van der Waals surface area contributed by atoms with Gasteiger partial charge in [-0.05, 0) is 37.8 Å². The summed E-state index contributed by atoms with van der Waals surface area (Å²) in [6.45, 7) is 14.0. The first-order chi connectivity index (χ1) is 9.72. The number of benzene rings is 1. The molecule has 1 aromatic carbocycles. The van der Waals surface area contributed by atoms with Crippen LogP contribution < -0.4 is 5.32 Å². The van der Waals surface area contributed by atoms with E-state index in [9.17, 15) is 4.21 Å². The van der Waals surface area contributed by atoms with Crippen LogP contribution >= 0.6 is 0 Å². The Kier molecular flexibility index (Phi) is 7.08. The van der Waals surface area contributed by atoms with Crippen LogP contribution in [0, 0.1) is 19.3 Å². The fourth-order valence-electron chi connectivity index (χ4n) is 2.52. The van der Waals surface area contributed by atoms with E-state index >= 15 is 0 Å². The van der Waals surface area contributed by atoms with Gasteiger partial charge in [0.15, 0.2) is 0 Å². The van der Waals surface area contributed by atoms with E-state index in [2.05, 4.69) is 65.1 Å². The number of nitrogens with one attached hydrogen (secondary N) is 1. The summed E-state index contributed by atoms with van der Waals surface area (Å²) in [6, 6.07) is 6.75. The van der Waals surface area contributed by atoms with E-state index in [1.807, 2.05) is 0 Å². The number of aryl methyl sites for hydroxylation is 2. The highest BCUT2D eigenvalue weighted by molar-refractivity contribution is 7.84. The zero-order valence-electron chi connectivity index (χ0n) is 14.5. The van der Waals surface area contributed by atoms with Crippen LogP contribution in [0.4, 0.5) is 0 Å². The molecule has 2 atom stereocenters. The van der Waals surface area contributed by atoms with Gasteiger partial charge >= 0.3 is 0 Å². The summed E-state index contributed by atoms with van der Waals surface area (Å²) in [6.07, 6.45) is 1.11. The van der Waals surface area contributed by atoms with Gasteiger partial charge in [0.2, 0.25) is 0 Å². The second kappa shape index (κ2) is 8.09. The minimum atomic E-state index is -0.830. The summed E-state index contributed by atoms with van der Waals surface area (Å²) >= 11 is 0. The van der Waals surface area contributed by atoms with Gasteiger partial charge < -0.3 is 5.32 Å². The van der Waals surface area contributed by atoms with Gasteiger partial charge in [-0.3, -0.25) is 4.21 Å². The molecule has 120 valence electrons. The molecule has 0 heterocycles. The van der Waals surface area contributed by atoms with E-state index in [0.29, 0.717) is 11.8 Å². The number of hydrogen-bond acceptors (Lipinski definition) is 2. The molecule has 0 amide bonds. The van der Waals surface area contributed by atoms with Crippen LogP contribution in [0.2, 0.25) is 0 Å². The lowest BCUT2D eigenvalue weighted by atomic mass is 9.88. The summed E-state index contributed by atoms with van der Waals surface area (Å²) in [7, 11) is -0.830. The Hall–Kier alpha value is -0.670. The molecule has 0 aromatic heterocycles. The summed E-state index contributed by atoms with van der Waals surface area (Å²) < 4.78 is 12.5. The maximum Gasteiger partial charge on any atom is 0.0486 e. The first-order valence-corrected chi connectivity index (χ1v) is 9.36. The first-order valence-electron chi connectivity index (χ1n) is 7.88. The van der Waals surface area contributed by atoms with Crippen molar-refractivity contribution in [1.29, 1.82) is 0 Å². The first kappa shape index (κ1) is 18.4. The number of rotatable bonds is 7. The maximum absolute atomic E-state index is 12.5. The topological polar surface area (TPSA) is 29.1 Å². The van der Waals surface area contributed by atoms with E-state index in [-0.39, 0.29) is 5.41 Å². The van der Waals surface area contributed by atoms with Crippen LogP contribution in [0.25, 0.3) is 0 Å². The Morgan fingerprint density at radius 2 is 1.71 bits per heavy atom. The van der Waals surface area contributed by atoms with Crippen LogP contribution in [0.5, 0.6) is 0 Å². The third-order valence-electron chi connectivity index (χ3n) is 3.65. The smallest absolute Gasteiger partial charge is 0.0486 e. The summed E-state index contributed by atoms with van der Waals surface area (Å²) in [5, 5.41) is 3.56. The third kappa shape index (κ3) is 6.75. The van der Waals surface area contributed by atoms with Gasteiger partial charge in [0.1, 0.15) is 0 Å². The van der Waals surface area contributed by atoms with Crippen molar-refractivity contribution in [2.24, 2.45) is 5.41 Å². The minimum Gasteiger partial charge on any atom is -0.313 e. The quantitative estimate of drug-likeness (QED) is 0.826. The van der Waals surface area contributed by atoms with Gasteiger partial charge in [-0.2, -0.15) is 0 Å². The molecule has 0 bridgehead atoms. The van der Waals surface area contributed by atoms with E-state index in [4.69, 9.17) is 0 Å². The Bertz CT molecular complexity index is 456. The minimum absolute atomic E-state index is 0.132. The van der Waals surface area contributed by atoms with Crippen molar-refractivity contribution in [1.82, 2.24) is 5.32 Å². The molecular formula is C18H31NOS. The van der Waals surface area contributed by atoms with Crippen LogP contribution in [0.1, 0.15) is 50.8 Å². The molecule has 0 radical (unpaired) electrons. The molecule has 21 heavy (non-hydrogen) atoms. The predicted octanol–water partition coefficient (Wildman–Crippen LogP) is 3.97. The average molecular weight is 310 g/mol. The van der Waals surface area contributed by atoms with Crippen molar-refractivity contribution in [2.45, 2.75) is 59.8 Å². The van der Waals surface area contributed by atoms with Crippen molar-refractivity contribution in [2.75, 3.05) is 12.3 Å². The van der Waals surface area contributed by atoms with Gasteiger partial charge in [-0.25, -0.2) is 0 Å². The monoisotopic (exact) mass is 309 g/mol. The van der Waals surface area contributed by atoms with E-state index in [0.717, 1.165) is 18.7 Å². The molecular weight excluding hydrogens is 278 g/mol. The highest BCUT2D eigenvalue weighted by atomic mass is 32.2. The van der Waals surface area contributed by atoms with E-state index in [1.165, 1.54) is 16.7 Å². The second-order valence-corrected chi connectivity index (χ2v) is 8.62. The third-order valence-corrected chi connectivity index (χ3v) is 5.01. The Morgan fingerprint density at radius 3 is 2.19 bits per heavy atom. The summed E-state index contributed by atoms with van der Waals surface area (Å²) in [4.78, 5) is 0. The van der Waals surface area contributed by atoms with Crippen LogP contribution in [0.15, 0.2) is 18.2 Å². The molecule has 0 aliphatic heterocycles.